The number of hydrogen-bond donors (Lipinski definition) is 3. The first-order valence-corrected chi connectivity index (χ1v) is 10.7. The van der Waals surface area contributed by atoms with Crippen LogP contribution in [0.5, 0.6) is 0 Å². The van der Waals surface area contributed by atoms with Crippen LogP contribution in [0.4, 0.5) is 9.59 Å². The van der Waals surface area contributed by atoms with Crippen LogP contribution in [0.2, 0.25) is 10.0 Å². The second-order valence-corrected chi connectivity index (χ2v) is 7.40. The van der Waals surface area contributed by atoms with Crippen LogP contribution in [0, 0.1) is 0 Å². The zero-order valence-corrected chi connectivity index (χ0v) is 21.0. The van der Waals surface area contributed by atoms with Crippen LogP contribution < -0.4 is 5.32 Å². The van der Waals surface area contributed by atoms with E-state index < -0.39 is 24.2 Å². The molecule has 1 aliphatic rings. The number of carbonyl (C=O) groups is 5. The van der Waals surface area contributed by atoms with Crippen molar-refractivity contribution in [3.05, 3.63) is 46.1 Å². The monoisotopic (exact) mass is 552 g/mol. The van der Waals surface area contributed by atoms with Crippen molar-refractivity contribution in [1.82, 2.24) is 10.2 Å². The number of methoxy groups -OCH3 is 2. The molecular formula is C21H26Cl2N2O11. The van der Waals surface area contributed by atoms with E-state index in [1.54, 1.807) is 18.0 Å². The van der Waals surface area contributed by atoms with E-state index in [4.69, 9.17) is 52.5 Å². The molecule has 2 amide bonds. The Morgan fingerprint density at radius 3 is 2.22 bits per heavy atom. The summed E-state index contributed by atoms with van der Waals surface area (Å²) in [5.74, 6) is -1.06. The van der Waals surface area contributed by atoms with Gasteiger partial charge in [-0.3, -0.25) is 14.9 Å². The summed E-state index contributed by atoms with van der Waals surface area (Å²) in [6.45, 7) is 0.0947. The largest absolute Gasteiger partial charge is 0.505 e. The number of carboxylic acid groups (broad SMARTS) is 2. The van der Waals surface area contributed by atoms with Crippen molar-refractivity contribution in [3.63, 3.8) is 0 Å². The van der Waals surface area contributed by atoms with Crippen molar-refractivity contribution < 1.29 is 53.1 Å². The maximum absolute atomic E-state index is 12.1. The number of benzene rings is 1. The van der Waals surface area contributed by atoms with E-state index in [-0.39, 0.29) is 29.5 Å². The Hall–Kier alpha value is -3.55. The SMILES string of the molecule is CN(/C=C\C(=O)NC=O)C1CCC(COC(=O)c2ccc(Cl)cc2Cl)O1.COC(=O)O.COC(=O)O. The first-order valence-electron chi connectivity index (χ1n) is 9.90. The molecule has 2 unspecified atom stereocenters. The van der Waals surface area contributed by atoms with E-state index in [0.717, 1.165) is 14.2 Å². The summed E-state index contributed by atoms with van der Waals surface area (Å²) >= 11 is 11.8. The molecule has 0 aromatic heterocycles. The van der Waals surface area contributed by atoms with E-state index >= 15 is 0 Å². The molecule has 3 N–H and O–H groups in total. The lowest BCUT2D eigenvalue weighted by molar-refractivity contribution is -0.121. The van der Waals surface area contributed by atoms with Gasteiger partial charge in [-0.25, -0.2) is 14.4 Å². The van der Waals surface area contributed by atoms with Gasteiger partial charge in [0.2, 0.25) is 6.41 Å². The van der Waals surface area contributed by atoms with Crippen molar-refractivity contribution >= 4 is 53.8 Å². The Labute approximate surface area is 216 Å². The molecule has 0 bridgehead atoms. The van der Waals surface area contributed by atoms with E-state index in [2.05, 4.69) is 9.47 Å². The zero-order valence-electron chi connectivity index (χ0n) is 19.5. The van der Waals surface area contributed by atoms with E-state index in [1.165, 1.54) is 24.4 Å². The number of carbonyl (C=O) groups excluding carboxylic acids is 3. The normalized spacial score (nSPS) is 15.8. The number of halogens is 2. The predicted octanol–water partition coefficient (Wildman–Crippen LogP) is 3.00. The molecule has 0 radical (unpaired) electrons. The summed E-state index contributed by atoms with van der Waals surface area (Å²) in [6.07, 6.45) is 1.47. The molecular weight excluding hydrogens is 527 g/mol. The van der Waals surface area contributed by atoms with Gasteiger partial charge in [0.05, 0.1) is 30.9 Å². The molecule has 1 aliphatic heterocycles. The number of imide groups is 1. The lowest BCUT2D eigenvalue weighted by Crippen LogP contribution is -2.29. The topological polar surface area (TPSA) is 178 Å². The third-order valence-corrected chi connectivity index (χ3v) is 4.65. The molecule has 0 saturated carbocycles. The lowest BCUT2D eigenvalue weighted by Gasteiger charge is -2.22. The summed E-state index contributed by atoms with van der Waals surface area (Å²) < 4.78 is 18.4. The van der Waals surface area contributed by atoms with Crippen molar-refractivity contribution in [2.45, 2.75) is 25.2 Å². The minimum atomic E-state index is -1.25. The maximum Gasteiger partial charge on any atom is 0.505 e. The molecule has 0 aliphatic carbocycles. The van der Waals surface area contributed by atoms with Crippen LogP contribution >= 0.6 is 23.2 Å². The van der Waals surface area contributed by atoms with E-state index in [9.17, 15) is 14.4 Å². The second-order valence-electron chi connectivity index (χ2n) is 6.56. The van der Waals surface area contributed by atoms with Crippen LogP contribution in [-0.4, -0.2) is 85.9 Å². The third-order valence-electron chi connectivity index (χ3n) is 4.10. The Morgan fingerprint density at radius 1 is 1.14 bits per heavy atom. The molecule has 13 nitrogen and oxygen atoms in total. The molecule has 1 aromatic rings. The molecule has 200 valence electrons. The molecule has 15 heteroatoms. The number of rotatable bonds is 7. The first-order chi connectivity index (χ1) is 16.9. The Kier molecular flexibility index (Phi) is 16.1. The molecule has 1 heterocycles. The van der Waals surface area contributed by atoms with Gasteiger partial charge in [-0.1, -0.05) is 23.2 Å². The first kappa shape index (κ1) is 32.5. The number of nitrogens with zero attached hydrogens (tertiary/aromatic N) is 1. The minimum Gasteiger partial charge on any atom is -0.459 e. The molecule has 1 aromatic carbocycles. The Balaban J connectivity index is 0.00000104. The van der Waals surface area contributed by atoms with Crippen LogP contribution in [0.3, 0.4) is 0 Å². The van der Waals surface area contributed by atoms with Crippen molar-refractivity contribution in [3.8, 4) is 0 Å². The van der Waals surface area contributed by atoms with Crippen molar-refractivity contribution in [2.24, 2.45) is 0 Å². The van der Waals surface area contributed by atoms with Crippen LogP contribution in [0.15, 0.2) is 30.5 Å². The maximum atomic E-state index is 12.1. The third kappa shape index (κ3) is 14.0. The number of hydrogen-bond acceptors (Lipinski definition) is 10. The van der Waals surface area contributed by atoms with Crippen molar-refractivity contribution in [1.29, 1.82) is 0 Å². The smallest absolute Gasteiger partial charge is 0.459 e. The summed E-state index contributed by atoms with van der Waals surface area (Å²) in [6, 6.07) is 4.55. The molecule has 1 fully saturated rings. The highest BCUT2D eigenvalue weighted by molar-refractivity contribution is 6.36. The fourth-order valence-electron chi connectivity index (χ4n) is 2.40. The predicted molar refractivity (Wildman–Crippen MR) is 126 cm³/mol. The fourth-order valence-corrected chi connectivity index (χ4v) is 2.88. The second kappa shape index (κ2) is 17.8. The highest BCUT2D eigenvalue weighted by atomic mass is 35.5. The van der Waals surface area contributed by atoms with Gasteiger partial charge in [-0.05, 0) is 31.0 Å². The molecule has 0 spiro atoms. The van der Waals surface area contributed by atoms with Gasteiger partial charge in [0.25, 0.3) is 5.91 Å². The molecule has 1 saturated heterocycles. The quantitative estimate of drug-likeness (QED) is 0.195. The van der Waals surface area contributed by atoms with Gasteiger partial charge in [0.1, 0.15) is 12.8 Å². The zero-order chi connectivity index (χ0) is 27.7. The average Bonchev–Trinajstić information content (AvgIpc) is 3.31. The standard InChI is InChI=1S/C17H18Cl2N2O5.2C2H4O3/c1-21(7-6-15(23)20-10-22)16-5-3-12(26-16)9-25-17(24)13-4-2-11(18)8-14(13)19;2*1-5-2(3)4/h2,4,6-8,10,12,16H,3,5,9H2,1H3,(H,20,22,23);2*1H3,(H,3,4)/b7-6-;;. The summed E-state index contributed by atoms with van der Waals surface area (Å²) in [4.78, 5) is 53.5. The van der Waals surface area contributed by atoms with Crippen molar-refractivity contribution in [2.75, 3.05) is 27.9 Å². The highest BCUT2D eigenvalue weighted by Gasteiger charge is 2.28. The number of amides is 2. The molecule has 2 rings (SSSR count). The average molecular weight is 553 g/mol. The van der Waals surface area contributed by atoms with Gasteiger partial charge in [-0.2, -0.15) is 0 Å². The highest BCUT2D eigenvalue weighted by Crippen LogP contribution is 2.24. The molecule has 36 heavy (non-hydrogen) atoms. The summed E-state index contributed by atoms with van der Waals surface area (Å²) in [7, 11) is 3.95. The van der Waals surface area contributed by atoms with Gasteiger partial charge < -0.3 is 34.1 Å². The Bertz CT molecular complexity index is 913. The Morgan fingerprint density at radius 2 is 1.72 bits per heavy atom. The van der Waals surface area contributed by atoms with E-state index in [0.29, 0.717) is 24.3 Å². The number of ether oxygens (including phenoxy) is 4. The number of esters is 1. The minimum absolute atomic E-state index is 0.0947. The van der Waals surface area contributed by atoms with E-state index in [1.807, 2.05) is 5.32 Å². The van der Waals surface area contributed by atoms with Gasteiger partial charge in [-0.15, -0.1) is 0 Å². The van der Waals surface area contributed by atoms with Gasteiger partial charge in [0, 0.05) is 24.3 Å². The van der Waals surface area contributed by atoms with Gasteiger partial charge in [0.15, 0.2) is 0 Å². The summed E-state index contributed by atoms with van der Waals surface area (Å²) in [5, 5.41) is 17.7. The molecule has 2 atom stereocenters. The lowest BCUT2D eigenvalue weighted by atomic mass is 10.2. The van der Waals surface area contributed by atoms with Crippen LogP contribution in [0.25, 0.3) is 0 Å². The van der Waals surface area contributed by atoms with Gasteiger partial charge >= 0.3 is 18.3 Å². The van der Waals surface area contributed by atoms with Crippen LogP contribution in [0.1, 0.15) is 23.2 Å². The summed E-state index contributed by atoms with van der Waals surface area (Å²) in [5.41, 5.74) is 0.242. The fraction of sp³-hybridized carbons (Fsp3) is 0.381. The van der Waals surface area contributed by atoms with Crippen LogP contribution in [-0.2, 0) is 28.5 Å². The number of nitrogens with one attached hydrogen (secondary N) is 1.